The SMILES string of the molecule is CC(C)(C)c1ccc(NC(=O)c2cccnc2SC(NC(=O)CN2CCOCC2)c2ccncc2)cc1. The van der Waals surface area contributed by atoms with Gasteiger partial charge in [-0.15, -0.1) is 0 Å². The van der Waals surface area contributed by atoms with E-state index in [1.54, 1.807) is 30.7 Å². The topological polar surface area (TPSA) is 96.5 Å². The fourth-order valence-corrected chi connectivity index (χ4v) is 5.01. The third kappa shape index (κ3) is 7.61. The van der Waals surface area contributed by atoms with E-state index in [-0.39, 0.29) is 23.8 Å². The van der Waals surface area contributed by atoms with Crippen molar-refractivity contribution in [3.8, 4) is 0 Å². The van der Waals surface area contributed by atoms with Gasteiger partial charge in [-0.25, -0.2) is 4.98 Å². The predicted octanol–water partition coefficient (Wildman–Crippen LogP) is 4.27. The number of ether oxygens (including phenoxy) is 1. The summed E-state index contributed by atoms with van der Waals surface area (Å²) in [6.07, 6.45) is 5.02. The first-order chi connectivity index (χ1) is 17.8. The van der Waals surface area contributed by atoms with E-state index in [9.17, 15) is 9.59 Å². The van der Waals surface area contributed by atoms with E-state index in [1.807, 2.05) is 36.4 Å². The molecule has 0 saturated carbocycles. The van der Waals surface area contributed by atoms with Crippen molar-refractivity contribution in [2.45, 2.75) is 36.6 Å². The number of pyridine rings is 2. The van der Waals surface area contributed by atoms with Gasteiger partial charge < -0.3 is 15.4 Å². The molecule has 194 valence electrons. The summed E-state index contributed by atoms with van der Waals surface area (Å²) in [6.45, 7) is 9.44. The summed E-state index contributed by atoms with van der Waals surface area (Å²) >= 11 is 1.33. The monoisotopic (exact) mass is 519 g/mol. The number of morpholine rings is 1. The molecule has 8 nitrogen and oxygen atoms in total. The first-order valence-corrected chi connectivity index (χ1v) is 13.2. The average molecular weight is 520 g/mol. The Balaban J connectivity index is 1.50. The van der Waals surface area contributed by atoms with Crippen molar-refractivity contribution in [2.24, 2.45) is 0 Å². The lowest BCUT2D eigenvalue weighted by Gasteiger charge is -2.27. The molecule has 3 aromatic rings. The summed E-state index contributed by atoms with van der Waals surface area (Å²) in [6, 6.07) is 15.1. The van der Waals surface area contributed by atoms with Crippen LogP contribution in [-0.4, -0.2) is 59.5 Å². The van der Waals surface area contributed by atoms with Crippen molar-refractivity contribution in [1.29, 1.82) is 0 Å². The van der Waals surface area contributed by atoms with Gasteiger partial charge in [0.25, 0.3) is 5.91 Å². The predicted molar refractivity (Wildman–Crippen MR) is 146 cm³/mol. The minimum atomic E-state index is -0.441. The third-order valence-corrected chi connectivity index (χ3v) is 7.20. The molecular formula is C28H33N5O3S. The largest absolute Gasteiger partial charge is 0.379 e. The molecule has 0 radical (unpaired) electrons. The van der Waals surface area contributed by atoms with Crippen molar-refractivity contribution in [3.63, 3.8) is 0 Å². The Morgan fingerprint density at radius 2 is 1.73 bits per heavy atom. The number of amides is 2. The maximum absolute atomic E-state index is 13.2. The van der Waals surface area contributed by atoms with Gasteiger partial charge >= 0.3 is 0 Å². The number of rotatable bonds is 8. The van der Waals surface area contributed by atoms with E-state index in [0.29, 0.717) is 29.5 Å². The molecule has 0 aliphatic carbocycles. The van der Waals surface area contributed by atoms with E-state index < -0.39 is 5.37 Å². The standard InChI is InChI=1S/C28H33N5O3S/c1-28(2,3)21-6-8-22(9-7-21)31-25(35)23-5-4-12-30-27(23)37-26(20-10-13-29-14-11-20)32-24(34)19-33-15-17-36-18-16-33/h4-14,26H,15-19H2,1-3H3,(H,31,35)(H,32,34). The Hall–Kier alpha value is -3.27. The summed E-state index contributed by atoms with van der Waals surface area (Å²) in [5.74, 6) is -0.357. The van der Waals surface area contributed by atoms with E-state index in [2.05, 4.69) is 46.3 Å². The highest BCUT2D eigenvalue weighted by atomic mass is 32.2. The van der Waals surface area contributed by atoms with Crippen LogP contribution >= 0.6 is 11.8 Å². The van der Waals surface area contributed by atoms with Crippen LogP contribution in [0, 0.1) is 0 Å². The lowest BCUT2D eigenvalue weighted by atomic mass is 9.87. The highest BCUT2D eigenvalue weighted by Crippen LogP contribution is 2.34. The van der Waals surface area contributed by atoms with Crippen LogP contribution in [0.1, 0.15) is 47.6 Å². The minimum Gasteiger partial charge on any atom is -0.379 e. The molecule has 3 heterocycles. The van der Waals surface area contributed by atoms with E-state index in [4.69, 9.17) is 4.74 Å². The number of anilines is 1. The molecule has 2 amide bonds. The molecule has 1 saturated heterocycles. The number of carbonyl (C=O) groups excluding carboxylic acids is 2. The molecule has 1 aromatic carbocycles. The van der Waals surface area contributed by atoms with E-state index >= 15 is 0 Å². The van der Waals surface area contributed by atoms with Gasteiger partial charge in [0, 0.05) is 37.4 Å². The fourth-order valence-electron chi connectivity index (χ4n) is 3.89. The number of hydrogen-bond donors (Lipinski definition) is 2. The Morgan fingerprint density at radius 3 is 2.41 bits per heavy atom. The van der Waals surface area contributed by atoms with Crippen molar-refractivity contribution in [2.75, 3.05) is 38.2 Å². The summed E-state index contributed by atoms with van der Waals surface area (Å²) in [7, 11) is 0. The summed E-state index contributed by atoms with van der Waals surface area (Å²) < 4.78 is 5.38. The Labute approximate surface area is 222 Å². The fraction of sp³-hybridized carbons (Fsp3) is 0.357. The second-order valence-electron chi connectivity index (χ2n) is 9.87. The van der Waals surface area contributed by atoms with Gasteiger partial charge in [0.2, 0.25) is 5.91 Å². The lowest BCUT2D eigenvalue weighted by Crippen LogP contribution is -2.43. The zero-order valence-corrected chi connectivity index (χ0v) is 22.3. The molecule has 1 aliphatic rings. The number of nitrogens with one attached hydrogen (secondary N) is 2. The summed E-state index contributed by atoms with van der Waals surface area (Å²) in [5, 5.41) is 6.17. The van der Waals surface area contributed by atoms with Crippen LogP contribution in [-0.2, 0) is 14.9 Å². The van der Waals surface area contributed by atoms with Gasteiger partial charge in [0.1, 0.15) is 10.4 Å². The Morgan fingerprint density at radius 1 is 1.03 bits per heavy atom. The number of carbonyl (C=O) groups is 2. The highest BCUT2D eigenvalue weighted by molar-refractivity contribution is 7.99. The van der Waals surface area contributed by atoms with Crippen LogP contribution < -0.4 is 10.6 Å². The molecule has 2 N–H and O–H groups in total. The maximum atomic E-state index is 13.2. The van der Waals surface area contributed by atoms with Crippen molar-refractivity contribution >= 4 is 29.3 Å². The number of hydrogen-bond acceptors (Lipinski definition) is 7. The molecule has 0 spiro atoms. The summed E-state index contributed by atoms with van der Waals surface area (Å²) in [5.41, 5.74) is 3.24. The quantitative estimate of drug-likeness (QED) is 0.339. The van der Waals surface area contributed by atoms with E-state index in [0.717, 1.165) is 18.7 Å². The van der Waals surface area contributed by atoms with Crippen molar-refractivity contribution in [3.05, 3.63) is 83.8 Å². The smallest absolute Gasteiger partial charge is 0.258 e. The van der Waals surface area contributed by atoms with Gasteiger partial charge in [0.15, 0.2) is 0 Å². The van der Waals surface area contributed by atoms with Crippen LogP contribution in [0.5, 0.6) is 0 Å². The average Bonchev–Trinajstić information content (AvgIpc) is 2.89. The molecule has 4 rings (SSSR count). The van der Waals surface area contributed by atoms with Gasteiger partial charge in [-0.3, -0.25) is 19.5 Å². The lowest BCUT2D eigenvalue weighted by molar-refractivity contribution is -0.123. The molecule has 2 aromatic heterocycles. The number of benzene rings is 1. The third-order valence-electron chi connectivity index (χ3n) is 6.03. The van der Waals surface area contributed by atoms with Crippen LogP contribution in [0.4, 0.5) is 5.69 Å². The number of nitrogens with zero attached hydrogens (tertiary/aromatic N) is 3. The summed E-state index contributed by atoms with van der Waals surface area (Å²) in [4.78, 5) is 36.8. The highest BCUT2D eigenvalue weighted by Gasteiger charge is 2.23. The van der Waals surface area contributed by atoms with Gasteiger partial charge in [-0.2, -0.15) is 0 Å². The molecule has 37 heavy (non-hydrogen) atoms. The molecule has 1 aliphatic heterocycles. The zero-order chi connectivity index (χ0) is 26.3. The van der Waals surface area contributed by atoms with Crippen LogP contribution in [0.25, 0.3) is 0 Å². The molecule has 1 atom stereocenters. The molecule has 1 unspecified atom stereocenters. The minimum absolute atomic E-state index is 0.0316. The van der Waals surface area contributed by atoms with Gasteiger partial charge in [-0.1, -0.05) is 44.7 Å². The van der Waals surface area contributed by atoms with Crippen LogP contribution in [0.3, 0.4) is 0 Å². The van der Waals surface area contributed by atoms with Gasteiger partial charge in [0.05, 0.1) is 25.3 Å². The van der Waals surface area contributed by atoms with Crippen molar-refractivity contribution in [1.82, 2.24) is 20.2 Å². The first-order valence-electron chi connectivity index (χ1n) is 12.3. The number of aromatic nitrogens is 2. The molecule has 9 heteroatoms. The Bertz CT molecular complexity index is 1190. The first kappa shape index (κ1) is 26.8. The van der Waals surface area contributed by atoms with Crippen LogP contribution in [0.15, 0.2) is 72.1 Å². The Kier molecular flexibility index (Phi) is 8.91. The van der Waals surface area contributed by atoms with E-state index in [1.165, 1.54) is 17.3 Å². The number of thioether (sulfide) groups is 1. The van der Waals surface area contributed by atoms with Crippen LogP contribution in [0.2, 0.25) is 0 Å². The maximum Gasteiger partial charge on any atom is 0.258 e. The second-order valence-corrected chi connectivity index (χ2v) is 11.0. The molecule has 1 fully saturated rings. The van der Waals surface area contributed by atoms with Gasteiger partial charge in [-0.05, 0) is 52.9 Å². The van der Waals surface area contributed by atoms with Crippen molar-refractivity contribution < 1.29 is 14.3 Å². The second kappa shape index (κ2) is 12.3. The molecular weight excluding hydrogens is 486 g/mol. The normalized spacial score (nSPS) is 15.1. The molecule has 0 bridgehead atoms. The zero-order valence-electron chi connectivity index (χ0n) is 21.4.